The lowest BCUT2D eigenvalue weighted by atomic mass is 10.0. The maximum Gasteiger partial charge on any atom is 0.262 e. The molecule has 2 aromatic rings. The van der Waals surface area contributed by atoms with E-state index in [1.54, 1.807) is 6.07 Å². The van der Waals surface area contributed by atoms with Gasteiger partial charge in [-0.05, 0) is 55.2 Å². The van der Waals surface area contributed by atoms with E-state index in [-0.39, 0.29) is 30.1 Å². The summed E-state index contributed by atoms with van der Waals surface area (Å²) in [6.45, 7) is 8.25. The van der Waals surface area contributed by atoms with E-state index >= 15 is 0 Å². The molecular weight excluding hydrogens is 514 g/mol. The Morgan fingerprint density at radius 3 is 2.36 bits per heavy atom. The Hall–Kier alpha value is -3.04. The molecule has 1 aromatic heterocycles. The molecule has 3 heterocycles. The molecule has 210 valence electrons. The predicted molar refractivity (Wildman–Crippen MR) is 151 cm³/mol. The number of rotatable bonds is 10. The Balaban J connectivity index is 1.45. The number of hydrogen-bond acceptors (Lipinski definition) is 6. The lowest BCUT2D eigenvalue weighted by Gasteiger charge is -2.29. The first-order chi connectivity index (χ1) is 18.6. The molecule has 2 fully saturated rings. The number of carbonyl (C=O) groups excluding carboxylic acids is 4. The van der Waals surface area contributed by atoms with E-state index in [1.165, 1.54) is 21.1 Å². The number of likely N-dealkylation sites (tertiary alicyclic amines) is 2. The van der Waals surface area contributed by atoms with E-state index < -0.39 is 30.1 Å². The number of amides is 3. The topological polar surface area (TPSA) is 107 Å². The van der Waals surface area contributed by atoms with Gasteiger partial charge in [0, 0.05) is 11.4 Å². The van der Waals surface area contributed by atoms with Gasteiger partial charge in [-0.1, -0.05) is 58.0 Å². The van der Waals surface area contributed by atoms with Gasteiger partial charge in [-0.15, -0.1) is 11.3 Å². The highest BCUT2D eigenvalue weighted by atomic mass is 32.1. The molecule has 0 saturated carbocycles. The third-order valence-corrected chi connectivity index (χ3v) is 8.62. The molecule has 8 nitrogen and oxygen atoms in total. The van der Waals surface area contributed by atoms with Crippen molar-refractivity contribution in [2.75, 3.05) is 13.1 Å². The van der Waals surface area contributed by atoms with Gasteiger partial charge in [0.25, 0.3) is 11.8 Å². The van der Waals surface area contributed by atoms with Crippen molar-refractivity contribution in [3.05, 3.63) is 47.3 Å². The van der Waals surface area contributed by atoms with Crippen molar-refractivity contribution in [3.63, 3.8) is 0 Å². The molecule has 4 rings (SSSR count). The van der Waals surface area contributed by atoms with Gasteiger partial charge in [-0.25, -0.2) is 0 Å². The lowest BCUT2D eigenvalue weighted by molar-refractivity contribution is -0.142. The van der Waals surface area contributed by atoms with Crippen LogP contribution in [0.5, 0.6) is 0 Å². The van der Waals surface area contributed by atoms with E-state index in [2.05, 4.69) is 5.32 Å². The fraction of sp³-hybridized carbons (Fsp3) is 0.533. The number of aliphatic hydroxyl groups excluding tert-OH is 1. The summed E-state index contributed by atoms with van der Waals surface area (Å²) in [6, 6.07) is 11.5. The van der Waals surface area contributed by atoms with Crippen LogP contribution in [0.4, 0.5) is 0 Å². The number of nitrogens with zero attached hydrogens (tertiary/aromatic N) is 2. The Bertz CT molecular complexity index is 1190. The minimum atomic E-state index is -1.15. The summed E-state index contributed by atoms with van der Waals surface area (Å²) in [5, 5.41) is 13.4. The van der Waals surface area contributed by atoms with Gasteiger partial charge in [0.2, 0.25) is 5.91 Å². The van der Waals surface area contributed by atoms with E-state index in [9.17, 15) is 24.3 Å². The van der Waals surface area contributed by atoms with Crippen molar-refractivity contribution >= 4 is 34.8 Å². The molecule has 1 aromatic carbocycles. The van der Waals surface area contributed by atoms with Crippen LogP contribution in [0.1, 0.15) is 63.0 Å². The lowest BCUT2D eigenvalue weighted by Crippen LogP contribution is -2.53. The second kappa shape index (κ2) is 12.4. The first-order valence-corrected chi connectivity index (χ1v) is 14.7. The van der Waals surface area contributed by atoms with Gasteiger partial charge in [0.15, 0.2) is 5.78 Å². The molecule has 0 spiro atoms. The first-order valence-electron chi connectivity index (χ1n) is 13.8. The number of ketones is 1. The van der Waals surface area contributed by atoms with Gasteiger partial charge in [-0.2, -0.15) is 0 Å². The number of benzene rings is 1. The van der Waals surface area contributed by atoms with Crippen LogP contribution in [0.2, 0.25) is 0 Å². The number of Topliss-reactive ketones (excluding diaryl/α,β-unsaturated/α-hetero) is 1. The van der Waals surface area contributed by atoms with Crippen molar-refractivity contribution in [2.24, 2.45) is 11.8 Å². The number of carbonyl (C=O) groups is 4. The van der Waals surface area contributed by atoms with Gasteiger partial charge < -0.3 is 20.2 Å². The molecule has 2 aliphatic heterocycles. The summed E-state index contributed by atoms with van der Waals surface area (Å²) in [5.74, 6) is -0.769. The van der Waals surface area contributed by atoms with Gasteiger partial charge in [0.1, 0.15) is 18.2 Å². The number of thiophene rings is 1. The molecule has 2 aliphatic rings. The van der Waals surface area contributed by atoms with Crippen LogP contribution >= 0.6 is 11.3 Å². The molecule has 0 radical (unpaired) electrons. The third kappa shape index (κ3) is 6.58. The van der Waals surface area contributed by atoms with E-state index in [1.807, 2.05) is 64.1 Å². The average Bonchev–Trinajstić information content (AvgIpc) is 3.63. The molecule has 3 amide bonds. The third-order valence-electron chi connectivity index (χ3n) is 7.49. The molecule has 0 aliphatic carbocycles. The molecule has 39 heavy (non-hydrogen) atoms. The predicted octanol–water partition coefficient (Wildman–Crippen LogP) is 3.74. The maximum absolute atomic E-state index is 13.8. The Morgan fingerprint density at radius 1 is 0.974 bits per heavy atom. The van der Waals surface area contributed by atoms with Crippen molar-refractivity contribution in [3.8, 4) is 10.4 Å². The van der Waals surface area contributed by atoms with E-state index in [4.69, 9.17) is 0 Å². The molecule has 2 N–H and O–H groups in total. The zero-order valence-electron chi connectivity index (χ0n) is 23.1. The average molecular weight is 554 g/mol. The number of hydrogen-bond donors (Lipinski definition) is 2. The van der Waals surface area contributed by atoms with Crippen molar-refractivity contribution < 1.29 is 24.3 Å². The fourth-order valence-electron chi connectivity index (χ4n) is 5.50. The van der Waals surface area contributed by atoms with Crippen molar-refractivity contribution in [2.45, 2.75) is 77.6 Å². The number of fused-ring (bicyclic) bond motifs is 1. The standard InChI is InChI=1S/C30H39N3O5S/c1-18(2)10-11-23(34)30(38)33-17-24(35)27-22(33)14-15-32(27)29(37)21(16-19(3)4)31-28(36)26-13-12-25(39-26)20-8-6-5-7-9-20/h5-9,12-13,18-19,21-23,27,34H,10-11,14-17H2,1-4H3,(H,31,36). The van der Waals surface area contributed by atoms with Crippen LogP contribution in [0, 0.1) is 11.8 Å². The highest BCUT2D eigenvalue weighted by molar-refractivity contribution is 7.17. The van der Waals surface area contributed by atoms with Crippen LogP contribution < -0.4 is 5.32 Å². The van der Waals surface area contributed by atoms with E-state index in [0.717, 1.165) is 10.4 Å². The first kappa shape index (κ1) is 29.0. The normalized spacial score (nSPS) is 20.4. The van der Waals surface area contributed by atoms with Crippen molar-refractivity contribution in [1.29, 1.82) is 0 Å². The second-order valence-corrected chi connectivity index (χ2v) is 12.5. The second-order valence-electron chi connectivity index (χ2n) is 11.4. The monoisotopic (exact) mass is 553 g/mol. The Labute approximate surface area is 234 Å². The zero-order valence-corrected chi connectivity index (χ0v) is 23.9. The largest absolute Gasteiger partial charge is 0.383 e. The van der Waals surface area contributed by atoms with Gasteiger partial charge >= 0.3 is 0 Å². The summed E-state index contributed by atoms with van der Waals surface area (Å²) in [4.78, 5) is 57.5. The number of aliphatic hydroxyl groups is 1. The van der Waals surface area contributed by atoms with Crippen LogP contribution in [0.25, 0.3) is 10.4 Å². The summed E-state index contributed by atoms with van der Waals surface area (Å²) in [5.41, 5.74) is 1.02. The molecule has 9 heteroatoms. The Morgan fingerprint density at radius 2 is 1.69 bits per heavy atom. The summed E-state index contributed by atoms with van der Waals surface area (Å²) in [7, 11) is 0. The highest BCUT2D eigenvalue weighted by Gasteiger charge is 2.52. The van der Waals surface area contributed by atoms with Crippen LogP contribution in [-0.2, 0) is 14.4 Å². The molecule has 2 saturated heterocycles. The fourth-order valence-corrected chi connectivity index (χ4v) is 6.42. The number of nitrogens with one attached hydrogen (secondary N) is 1. The summed E-state index contributed by atoms with van der Waals surface area (Å²) >= 11 is 1.37. The van der Waals surface area contributed by atoms with Crippen LogP contribution in [-0.4, -0.2) is 75.7 Å². The van der Waals surface area contributed by atoms with Crippen LogP contribution in [0.15, 0.2) is 42.5 Å². The van der Waals surface area contributed by atoms with Crippen molar-refractivity contribution in [1.82, 2.24) is 15.1 Å². The minimum absolute atomic E-state index is 0.102. The molecule has 0 bridgehead atoms. The Kier molecular flexibility index (Phi) is 9.23. The highest BCUT2D eigenvalue weighted by Crippen LogP contribution is 2.32. The van der Waals surface area contributed by atoms with Gasteiger partial charge in [-0.3, -0.25) is 19.2 Å². The molecule has 4 atom stereocenters. The van der Waals surface area contributed by atoms with Crippen LogP contribution in [0.3, 0.4) is 0 Å². The molecule has 4 unspecified atom stereocenters. The van der Waals surface area contributed by atoms with Gasteiger partial charge in [0.05, 0.1) is 17.5 Å². The van der Waals surface area contributed by atoms with E-state index in [0.29, 0.717) is 43.0 Å². The maximum atomic E-state index is 13.8. The zero-order chi connectivity index (χ0) is 28.3. The quantitative estimate of drug-likeness (QED) is 0.466. The summed E-state index contributed by atoms with van der Waals surface area (Å²) < 4.78 is 0. The summed E-state index contributed by atoms with van der Waals surface area (Å²) in [6.07, 6.45) is 0.807. The SMILES string of the molecule is CC(C)CCC(O)C(=O)N1CC(=O)C2C1CCN2C(=O)C(CC(C)C)NC(=O)c1ccc(-c2ccccc2)s1. The minimum Gasteiger partial charge on any atom is -0.383 e. The molecular formula is C30H39N3O5S. The smallest absolute Gasteiger partial charge is 0.262 e.